The van der Waals surface area contributed by atoms with Crippen molar-refractivity contribution >= 4 is 17.7 Å². The smallest absolute Gasteiger partial charge is 0.475 e. The highest BCUT2D eigenvalue weighted by atomic mass is 19.4. The van der Waals surface area contributed by atoms with Gasteiger partial charge < -0.3 is 25.0 Å². The van der Waals surface area contributed by atoms with E-state index < -0.39 is 12.1 Å². The van der Waals surface area contributed by atoms with Gasteiger partial charge in [0.05, 0.1) is 13.2 Å². The van der Waals surface area contributed by atoms with Gasteiger partial charge >= 0.3 is 12.1 Å². The Morgan fingerprint density at radius 2 is 1.93 bits per heavy atom. The number of aromatic nitrogens is 2. The van der Waals surface area contributed by atoms with Crippen LogP contribution in [0.2, 0.25) is 0 Å². The van der Waals surface area contributed by atoms with Gasteiger partial charge in [-0.2, -0.15) is 18.2 Å². The van der Waals surface area contributed by atoms with Crippen LogP contribution in [-0.2, 0) is 9.53 Å². The molecule has 0 bridgehead atoms. The number of carbonyl (C=O) groups is 1. The molecule has 0 aromatic carbocycles. The molecule has 3 heterocycles. The van der Waals surface area contributed by atoms with E-state index in [0.29, 0.717) is 12.0 Å². The van der Waals surface area contributed by atoms with Crippen molar-refractivity contribution < 1.29 is 27.8 Å². The van der Waals surface area contributed by atoms with Gasteiger partial charge in [-0.05, 0) is 20.2 Å². The number of aliphatic carboxylic acids is 1. The van der Waals surface area contributed by atoms with Gasteiger partial charge in [0, 0.05) is 51.5 Å². The van der Waals surface area contributed by atoms with Crippen LogP contribution in [0.4, 0.5) is 24.9 Å². The first kappa shape index (κ1) is 23.1. The molecule has 0 spiro atoms. The van der Waals surface area contributed by atoms with Crippen molar-refractivity contribution in [2.45, 2.75) is 12.2 Å². The monoisotopic (exact) mass is 420 g/mol. The van der Waals surface area contributed by atoms with Gasteiger partial charge in [0.2, 0.25) is 5.95 Å². The molecule has 0 amide bonds. The summed E-state index contributed by atoms with van der Waals surface area (Å²) in [6, 6.07) is 2.46. The molecular weight excluding hydrogens is 393 g/mol. The number of hydrogen-bond acceptors (Lipinski definition) is 8. The van der Waals surface area contributed by atoms with Gasteiger partial charge in [-0.3, -0.25) is 4.90 Å². The van der Waals surface area contributed by atoms with E-state index in [1.165, 1.54) is 0 Å². The molecule has 1 aromatic rings. The van der Waals surface area contributed by atoms with Crippen molar-refractivity contribution in [1.82, 2.24) is 19.8 Å². The Bertz CT molecular complexity index is 658. The molecule has 9 nitrogen and oxygen atoms in total. The standard InChI is InChI=1S/C15H26N6O.C2HF3O2/c1-19-5-6-20(2)13(12-19)11-17-15-16-4-3-14(18-15)21-7-9-22-10-8-21;3-2(4,5)1(6)7/h3-4,13H,5-12H2,1-2H3,(H,16,17,18);(H,6,7). The second kappa shape index (κ2) is 10.6. The van der Waals surface area contributed by atoms with Gasteiger partial charge in [-0.1, -0.05) is 0 Å². The van der Waals surface area contributed by atoms with Crippen molar-refractivity contribution in [2.75, 3.05) is 76.8 Å². The fraction of sp³-hybridized carbons (Fsp3) is 0.706. The Kier molecular flexibility index (Phi) is 8.41. The van der Waals surface area contributed by atoms with E-state index >= 15 is 0 Å². The second-order valence-corrected chi connectivity index (χ2v) is 6.92. The largest absolute Gasteiger partial charge is 0.490 e. The lowest BCUT2D eigenvalue weighted by atomic mass is 10.2. The van der Waals surface area contributed by atoms with Crippen molar-refractivity contribution in [3.05, 3.63) is 12.3 Å². The van der Waals surface area contributed by atoms with Crippen molar-refractivity contribution in [2.24, 2.45) is 0 Å². The van der Waals surface area contributed by atoms with Crippen LogP contribution in [0.25, 0.3) is 0 Å². The second-order valence-electron chi connectivity index (χ2n) is 6.92. The van der Waals surface area contributed by atoms with E-state index in [4.69, 9.17) is 14.6 Å². The number of halogens is 3. The van der Waals surface area contributed by atoms with Crippen molar-refractivity contribution in [1.29, 1.82) is 0 Å². The first-order valence-electron chi connectivity index (χ1n) is 9.25. The normalized spacial score (nSPS) is 21.3. The predicted octanol–water partition coefficient (Wildman–Crippen LogP) is 0.604. The number of rotatable bonds is 4. The minimum Gasteiger partial charge on any atom is -0.475 e. The summed E-state index contributed by atoms with van der Waals surface area (Å²) in [4.78, 5) is 24.9. The number of likely N-dealkylation sites (N-methyl/N-ethyl adjacent to an activating group) is 2. The van der Waals surface area contributed by atoms with Crippen LogP contribution >= 0.6 is 0 Å². The Morgan fingerprint density at radius 3 is 2.55 bits per heavy atom. The molecule has 2 saturated heterocycles. The average molecular weight is 420 g/mol. The van der Waals surface area contributed by atoms with Crippen LogP contribution in [0.3, 0.4) is 0 Å². The van der Waals surface area contributed by atoms with Crippen LogP contribution in [0.15, 0.2) is 12.3 Å². The molecule has 1 atom stereocenters. The summed E-state index contributed by atoms with van der Waals surface area (Å²) < 4.78 is 37.1. The summed E-state index contributed by atoms with van der Waals surface area (Å²) in [7, 11) is 4.36. The van der Waals surface area contributed by atoms with Crippen LogP contribution in [0.1, 0.15) is 0 Å². The molecule has 3 rings (SSSR count). The lowest BCUT2D eigenvalue weighted by Crippen LogP contribution is -2.52. The van der Waals surface area contributed by atoms with Crippen LogP contribution < -0.4 is 10.2 Å². The molecule has 2 fully saturated rings. The lowest BCUT2D eigenvalue weighted by Gasteiger charge is -2.37. The van der Waals surface area contributed by atoms with Crippen LogP contribution in [0.5, 0.6) is 0 Å². The SMILES string of the molecule is CN1CCN(C)C(CNc2nccc(N3CCOCC3)n2)C1.O=C(O)C(F)(F)F. The number of nitrogens with zero attached hydrogens (tertiary/aromatic N) is 5. The number of anilines is 2. The Morgan fingerprint density at radius 1 is 1.28 bits per heavy atom. The van der Waals surface area contributed by atoms with E-state index in [1.807, 2.05) is 12.3 Å². The van der Waals surface area contributed by atoms with Crippen LogP contribution in [-0.4, -0.2) is 110 Å². The minimum atomic E-state index is -5.08. The van der Waals surface area contributed by atoms with Gasteiger partial charge in [0.15, 0.2) is 0 Å². The fourth-order valence-corrected chi connectivity index (χ4v) is 2.93. The first-order chi connectivity index (χ1) is 13.7. The molecule has 1 unspecified atom stereocenters. The quantitative estimate of drug-likeness (QED) is 0.726. The molecule has 2 N–H and O–H groups in total. The summed E-state index contributed by atoms with van der Waals surface area (Å²) in [5.74, 6) is -1.06. The third-order valence-corrected chi connectivity index (χ3v) is 4.69. The third kappa shape index (κ3) is 7.63. The molecular formula is C17H27F3N6O3. The Balaban J connectivity index is 0.000000370. The molecule has 2 aliphatic heterocycles. The van der Waals surface area contributed by atoms with E-state index in [-0.39, 0.29) is 0 Å². The van der Waals surface area contributed by atoms with E-state index in [2.05, 4.69) is 44.1 Å². The highest BCUT2D eigenvalue weighted by molar-refractivity contribution is 5.73. The number of carboxylic acids is 1. The molecule has 2 aliphatic rings. The fourth-order valence-electron chi connectivity index (χ4n) is 2.93. The summed E-state index contributed by atoms with van der Waals surface area (Å²) in [6.45, 7) is 7.52. The lowest BCUT2D eigenvalue weighted by molar-refractivity contribution is -0.192. The van der Waals surface area contributed by atoms with Crippen molar-refractivity contribution in [3.8, 4) is 0 Å². The summed E-state index contributed by atoms with van der Waals surface area (Å²) in [5, 5.41) is 10.5. The molecule has 12 heteroatoms. The highest BCUT2D eigenvalue weighted by Gasteiger charge is 2.38. The number of hydrogen-bond donors (Lipinski definition) is 2. The third-order valence-electron chi connectivity index (χ3n) is 4.69. The maximum atomic E-state index is 10.6. The number of alkyl halides is 3. The van der Waals surface area contributed by atoms with E-state index in [1.54, 1.807) is 0 Å². The highest BCUT2D eigenvalue weighted by Crippen LogP contribution is 2.14. The number of morpholine rings is 1. The molecule has 1 aromatic heterocycles. The average Bonchev–Trinajstić information content (AvgIpc) is 2.69. The summed E-state index contributed by atoms with van der Waals surface area (Å²) in [5.41, 5.74) is 0. The van der Waals surface area contributed by atoms with Gasteiger partial charge in [0.25, 0.3) is 0 Å². The van der Waals surface area contributed by atoms with Gasteiger partial charge in [-0.15, -0.1) is 0 Å². The van der Waals surface area contributed by atoms with E-state index in [0.717, 1.165) is 58.3 Å². The minimum absolute atomic E-state index is 0.495. The topological polar surface area (TPSA) is 94.1 Å². The first-order valence-corrected chi connectivity index (χ1v) is 9.25. The maximum absolute atomic E-state index is 10.6. The zero-order chi connectivity index (χ0) is 21.4. The van der Waals surface area contributed by atoms with E-state index in [9.17, 15) is 13.2 Å². The Labute approximate surface area is 167 Å². The van der Waals surface area contributed by atoms with Crippen LogP contribution in [0, 0.1) is 0 Å². The summed E-state index contributed by atoms with van der Waals surface area (Å²) >= 11 is 0. The Hall–Kier alpha value is -2.18. The number of carboxylic acid groups (broad SMARTS) is 1. The van der Waals surface area contributed by atoms with Crippen molar-refractivity contribution in [3.63, 3.8) is 0 Å². The molecule has 0 saturated carbocycles. The maximum Gasteiger partial charge on any atom is 0.490 e. The zero-order valence-electron chi connectivity index (χ0n) is 16.5. The summed E-state index contributed by atoms with van der Waals surface area (Å²) in [6.07, 6.45) is -3.25. The number of ether oxygens (including phenoxy) is 1. The predicted molar refractivity (Wildman–Crippen MR) is 101 cm³/mol. The molecule has 164 valence electrons. The van der Waals surface area contributed by atoms with Gasteiger partial charge in [-0.25, -0.2) is 9.78 Å². The molecule has 0 aliphatic carbocycles. The van der Waals surface area contributed by atoms with Gasteiger partial charge in [0.1, 0.15) is 5.82 Å². The molecule has 29 heavy (non-hydrogen) atoms. The number of piperazine rings is 1. The molecule has 0 radical (unpaired) electrons. The zero-order valence-corrected chi connectivity index (χ0v) is 16.5. The number of nitrogens with one attached hydrogen (secondary N) is 1.